The molecule has 0 aromatic heterocycles. The van der Waals surface area contributed by atoms with E-state index in [-0.39, 0.29) is 11.6 Å². The average Bonchev–Trinajstić information content (AvgIpc) is 2.95. The first-order valence-electron chi connectivity index (χ1n) is 14.5. The lowest BCUT2D eigenvalue weighted by Gasteiger charge is -2.36. The molecule has 0 N–H and O–H groups in total. The van der Waals surface area contributed by atoms with Crippen molar-refractivity contribution in [3.8, 4) is 0 Å². The van der Waals surface area contributed by atoms with E-state index in [9.17, 15) is 26.3 Å². The molecule has 3 aromatic rings. The molecule has 3 rings (SSSR count). The van der Waals surface area contributed by atoms with Crippen molar-refractivity contribution in [3.05, 3.63) is 99.4 Å². The molecule has 0 bridgehead atoms. The summed E-state index contributed by atoms with van der Waals surface area (Å²) in [6.07, 6.45) is -0.980. The number of hydrogen-bond acceptors (Lipinski definition) is 0. The summed E-state index contributed by atoms with van der Waals surface area (Å²) in [5, 5.41) is 0.784. The third-order valence-corrected chi connectivity index (χ3v) is 10.2. The summed E-state index contributed by atoms with van der Waals surface area (Å²) < 4.78 is 146. The topological polar surface area (TPSA) is 0 Å². The van der Waals surface area contributed by atoms with Gasteiger partial charge in [0.25, 0.3) is 0 Å². The minimum Gasteiger partial charge on any atom is -0.204 e. The molecule has 0 fully saturated rings. The van der Waals surface area contributed by atoms with Crippen LogP contribution in [0.1, 0.15) is 79.0 Å². The quantitative estimate of drug-likeness (QED) is 0.0770. The first kappa shape index (κ1) is 37.7. The Morgan fingerprint density at radius 2 is 0.848 bits per heavy atom. The van der Waals surface area contributed by atoms with Crippen LogP contribution >= 0.6 is 7.92 Å². The molecule has 0 nitrogen and oxygen atoms in total. The molecule has 0 heterocycles. The third kappa shape index (κ3) is 6.90. The van der Waals surface area contributed by atoms with Gasteiger partial charge >= 0.3 is 0 Å². The standard InChI is InChI=1S/C34H36BF10P/c1-11-46(31-17(33(5,6)7)14-16(32(2,3)4)15-18(31)34(8,9)10)13-12-35(19-21(36)25(40)29(44)26(41)22(19)37)20-23(38)27(42)30(45)28(43)24(20)39/h11,14-15H,1,12-13H2,2-10H3. The lowest BCUT2D eigenvalue weighted by molar-refractivity contribution is 0.382. The maximum Gasteiger partial charge on any atom is 0.225 e. The van der Waals surface area contributed by atoms with Gasteiger partial charge in [-0.15, -0.1) is 0 Å². The summed E-state index contributed by atoms with van der Waals surface area (Å²) in [6, 6.07) is 4.05. The highest BCUT2D eigenvalue weighted by molar-refractivity contribution is 7.69. The normalized spacial score (nSPS) is 13.3. The molecule has 1 unspecified atom stereocenters. The second-order valence-electron chi connectivity index (χ2n) is 14.4. The van der Waals surface area contributed by atoms with Crippen LogP contribution in [0.3, 0.4) is 0 Å². The maximum absolute atomic E-state index is 15.2. The van der Waals surface area contributed by atoms with Crippen LogP contribution in [0.25, 0.3) is 0 Å². The lowest BCUT2D eigenvalue weighted by Crippen LogP contribution is -2.51. The van der Waals surface area contributed by atoms with E-state index in [1.54, 1.807) is 5.82 Å². The van der Waals surface area contributed by atoms with Crippen LogP contribution in [0.15, 0.2) is 24.5 Å². The molecule has 46 heavy (non-hydrogen) atoms. The highest BCUT2D eigenvalue weighted by Gasteiger charge is 2.40. The van der Waals surface area contributed by atoms with Gasteiger partial charge in [-0.25, -0.2) is 43.9 Å². The van der Waals surface area contributed by atoms with Gasteiger partial charge in [-0.05, 0) is 44.4 Å². The summed E-state index contributed by atoms with van der Waals surface area (Å²) in [4.78, 5) is 0. The zero-order valence-corrected chi connectivity index (χ0v) is 28.1. The molecule has 0 radical (unpaired) electrons. The molecule has 1 atom stereocenters. The van der Waals surface area contributed by atoms with Crippen LogP contribution in [0.2, 0.25) is 6.32 Å². The van der Waals surface area contributed by atoms with Crippen molar-refractivity contribution in [3.63, 3.8) is 0 Å². The maximum atomic E-state index is 15.2. The molecule has 0 saturated heterocycles. The van der Waals surface area contributed by atoms with Crippen LogP contribution in [-0.2, 0) is 16.2 Å². The molecule has 3 aromatic carbocycles. The van der Waals surface area contributed by atoms with E-state index in [4.69, 9.17) is 0 Å². The van der Waals surface area contributed by atoms with Crippen molar-refractivity contribution in [1.29, 1.82) is 0 Å². The Morgan fingerprint density at radius 1 is 0.543 bits per heavy atom. The van der Waals surface area contributed by atoms with Gasteiger partial charge in [0.05, 0.1) is 0 Å². The molecule has 0 aliphatic rings. The second-order valence-corrected chi connectivity index (χ2v) is 16.6. The fourth-order valence-corrected chi connectivity index (χ4v) is 7.92. The van der Waals surface area contributed by atoms with Crippen molar-refractivity contribution < 1.29 is 43.9 Å². The lowest BCUT2D eigenvalue weighted by atomic mass is 9.38. The molecule has 12 heteroatoms. The smallest absolute Gasteiger partial charge is 0.204 e. The van der Waals surface area contributed by atoms with Gasteiger partial charge < -0.3 is 0 Å². The van der Waals surface area contributed by atoms with Crippen LogP contribution in [0.4, 0.5) is 43.9 Å². The van der Waals surface area contributed by atoms with E-state index in [1.807, 2.05) is 74.4 Å². The Labute approximate surface area is 265 Å². The van der Waals surface area contributed by atoms with Gasteiger partial charge in [0.15, 0.2) is 58.2 Å². The van der Waals surface area contributed by atoms with E-state index in [0.717, 1.165) is 22.0 Å². The minimum atomic E-state index is -2.54. The number of hydrogen-bond donors (Lipinski definition) is 0. The van der Waals surface area contributed by atoms with Crippen LogP contribution in [0.5, 0.6) is 0 Å². The number of benzene rings is 3. The molecule has 0 aliphatic carbocycles. The molecule has 0 spiro atoms. The molecule has 0 amide bonds. The first-order valence-corrected chi connectivity index (χ1v) is 16.1. The Bertz CT molecular complexity index is 1520. The Hall–Kier alpha value is -2.81. The molecule has 0 aliphatic heterocycles. The zero-order valence-electron chi connectivity index (χ0n) is 27.2. The summed E-state index contributed by atoms with van der Waals surface area (Å²) in [7, 11) is -1.62. The summed E-state index contributed by atoms with van der Waals surface area (Å²) in [5.74, 6) is -23.0. The highest BCUT2D eigenvalue weighted by atomic mass is 31.1. The van der Waals surface area contributed by atoms with Gasteiger partial charge in [0.1, 0.15) is 0 Å². The Kier molecular flexibility index (Phi) is 10.6. The number of rotatable bonds is 7. The number of halogens is 10. The predicted octanol–water partition coefficient (Wildman–Crippen LogP) is 9.53. The van der Waals surface area contributed by atoms with Gasteiger partial charge in [-0.1, -0.05) is 101 Å². The first-order chi connectivity index (χ1) is 20.9. The van der Waals surface area contributed by atoms with Gasteiger partial charge in [0, 0.05) is 10.9 Å². The van der Waals surface area contributed by atoms with E-state index in [2.05, 4.69) is 6.58 Å². The van der Waals surface area contributed by atoms with E-state index in [0.29, 0.717) is 0 Å². The zero-order chi connectivity index (χ0) is 35.4. The second kappa shape index (κ2) is 13.0. The average molecular weight is 676 g/mol. The predicted molar refractivity (Wildman–Crippen MR) is 166 cm³/mol. The van der Waals surface area contributed by atoms with Crippen LogP contribution in [0, 0.1) is 58.2 Å². The SMILES string of the molecule is C=CP(CCB(c1c(F)c(F)c(F)c(F)c1F)c1c(F)c(F)c(F)c(F)c1F)c1c(C(C)(C)C)cc(C(C)(C)C)cc1C(C)(C)C. The van der Waals surface area contributed by atoms with Crippen molar-refractivity contribution in [2.75, 3.05) is 6.16 Å². The summed E-state index contributed by atoms with van der Waals surface area (Å²) in [5.41, 5.74) is -1.89. The molecular weight excluding hydrogens is 640 g/mol. The van der Waals surface area contributed by atoms with E-state index < -0.39 is 101 Å². The fraction of sp³-hybridized carbons (Fsp3) is 0.412. The van der Waals surface area contributed by atoms with Crippen molar-refractivity contribution in [2.45, 2.75) is 84.9 Å². The molecular formula is C34H36BF10P. The van der Waals surface area contributed by atoms with E-state index >= 15 is 17.6 Å². The van der Waals surface area contributed by atoms with Crippen molar-refractivity contribution >= 4 is 30.9 Å². The van der Waals surface area contributed by atoms with Crippen LogP contribution < -0.4 is 16.2 Å². The summed E-state index contributed by atoms with van der Waals surface area (Å²) >= 11 is 0. The Morgan fingerprint density at radius 3 is 1.11 bits per heavy atom. The largest absolute Gasteiger partial charge is 0.225 e. The van der Waals surface area contributed by atoms with Crippen molar-refractivity contribution in [1.82, 2.24) is 0 Å². The third-order valence-electron chi connectivity index (χ3n) is 7.94. The van der Waals surface area contributed by atoms with Gasteiger partial charge in [-0.2, -0.15) is 0 Å². The van der Waals surface area contributed by atoms with Crippen LogP contribution in [-0.4, -0.2) is 12.9 Å². The monoisotopic (exact) mass is 676 g/mol. The minimum absolute atomic E-state index is 0.219. The molecule has 0 saturated carbocycles. The van der Waals surface area contributed by atoms with Crippen molar-refractivity contribution in [2.24, 2.45) is 0 Å². The Balaban J connectivity index is 2.38. The summed E-state index contributed by atoms with van der Waals surface area (Å²) in [6.45, 7) is 19.4. The van der Waals surface area contributed by atoms with Gasteiger partial charge in [-0.3, -0.25) is 0 Å². The van der Waals surface area contributed by atoms with Gasteiger partial charge in [0.2, 0.25) is 6.71 Å². The highest BCUT2D eigenvalue weighted by Crippen LogP contribution is 2.46. The van der Waals surface area contributed by atoms with E-state index in [1.165, 1.54) is 0 Å². The fourth-order valence-electron chi connectivity index (χ4n) is 5.37. The molecule has 250 valence electrons.